The van der Waals surface area contributed by atoms with E-state index < -0.39 is 11.4 Å². The summed E-state index contributed by atoms with van der Waals surface area (Å²) in [5.74, 6) is -0.754. The molecule has 1 atom stereocenters. The lowest BCUT2D eigenvalue weighted by Crippen LogP contribution is -2.44. The van der Waals surface area contributed by atoms with Gasteiger partial charge in [0.15, 0.2) is 0 Å². The summed E-state index contributed by atoms with van der Waals surface area (Å²) in [5, 5.41) is 9.50. The smallest absolute Gasteiger partial charge is 0.313 e. The molecule has 4 nitrogen and oxygen atoms in total. The van der Waals surface area contributed by atoms with E-state index in [4.69, 9.17) is 4.74 Å². The molecule has 0 radical (unpaired) electrons. The van der Waals surface area contributed by atoms with Crippen LogP contribution in [0.25, 0.3) is 0 Å². The number of carboxylic acids is 1. The largest absolute Gasteiger partial charge is 0.481 e. The Morgan fingerprint density at radius 1 is 1.53 bits per heavy atom. The first-order valence-electron chi connectivity index (χ1n) is 6.70. The van der Waals surface area contributed by atoms with Gasteiger partial charge in [-0.25, -0.2) is 0 Å². The Bertz CT molecular complexity index is 452. The van der Waals surface area contributed by atoms with Crippen molar-refractivity contribution in [2.24, 2.45) is 5.41 Å². The zero-order valence-electron chi connectivity index (χ0n) is 11.6. The SMILES string of the molecule is CCN(CC1(C(=O)O)CCOC1)c1cccc(C)c1. The van der Waals surface area contributed by atoms with E-state index in [1.165, 1.54) is 5.56 Å². The number of carboxylic acid groups (broad SMARTS) is 1. The summed E-state index contributed by atoms with van der Waals surface area (Å²) >= 11 is 0. The number of aryl methyl sites for hydroxylation is 1. The third-order valence-electron chi connectivity index (χ3n) is 3.80. The molecule has 1 aliphatic heterocycles. The van der Waals surface area contributed by atoms with Gasteiger partial charge in [0.1, 0.15) is 5.41 Å². The molecule has 1 aromatic rings. The highest BCUT2D eigenvalue weighted by molar-refractivity contribution is 5.76. The third-order valence-corrected chi connectivity index (χ3v) is 3.80. The summed E-state index contributed by atoms with van der Waals surface area (Å²) in [6, 6.07) is 8.17. The van der Waals surface area contributed by atoms with Crippen LogP contribution in [-0.4, -0.2) is 37.4 Å². The Labute approximate surface area is 114 Å². The van der Waals surface area contributed by atoms with Crippen molar-refractivity contribution in [3.05, 3.63) is 29.8 Å². The molecule has 19 heavy (non-hydrogen) atoms. The molecule has 1 aliphatic rings. The second-order valence-electron chi connectivity index (χ2n) is 5.24. The van der Waals surface area contributed by atoms with Crippen molar-refractivity contribution in [2.75, 3.05) is 31.2 Å². The van der Waals surface area contributed by atoms with E-state index in [1.807, 2.05) is 32.0 Å². The average Bonchev–Trinajstić information content (AvgIpc) is 2.86. The summed E-state index contributed by atoms with van der Waals surface area (Å²) in [7, 11) is 0. The molecule has 0 bridgehead atoms. The van der Waals surface area contributed by atoms with E-state index in [2.05, 4.69) is 11.0 Å². The van der Waals surface area contributed by atoms with Crippen molar-refractivity contribution in [2.45, 2.75) is 20.3 Å². The lowest BCUT2D eigenvalue weighted by Gasteiger charge is -2.32. The summed E-state index contributed by atoms with van der Waals surface area (Å²) in [5.41, 5.74) is 1.50. The van der Waals surface area contributed by atoms with Gasteiger partial charge in [0, 0.05) is 25.4 Å². The molecule has 1 saturated heterocycles. The van der Waals surface area contributed by atoms with Crippen LogP contribution in [-0.2, 0) is 9.53 Å². The van der Waals surface area contributed by atoms with Gasteiger partial charge in [-0.1, -0.05) is 12.1 Å². The van der Waals surface area contributed by atoms with E-state index in [-0.39, 0.29) is 0 Å². The van der Waals surface area contributed by atoms with E-state index in [0.29, 0.717) is 26.2 Å². The van der Waals surface area contributed by atoms with Crippen molar-refractivity contribution in [1.82, 2.24) is 0 Å². The van der Waals surface area contributed by atoms with Crippen LogP contribution in [0.1, 0.15) is 18.9 Å². The van der Waals surface area contributed by atoms with Gasteiger partial charge in [0.05, 0.1) is 6.61 Å². The van der Waals surface area contributed by atoms with E-state index in [1.54, 1.807) is 0 Å². The number of rotatable bonds is 5. The first-order chi connectivity index (χ1) is 9.07. The van der Waals surface area contributed by atoms with Gasteiger partial charge in [-0.3, -0.25) is 4.79 Å². The molecule has 0 spiro atoms. The summed E-state index contributed by atoms with van der Waals surface area (Å²) in [4.78, 5) is 13.7. The molecule has 2 rings (SSSR count). The Balaban J connectivity index is 2.21. The van der Waals surface area contributed by atoms with Crippen LogP contribution in [0.5, 0.6) is 0 Å². The molecule has 0 aromatic heterocycles. The number of carbonyl (C=O) groups is 1. The van der Waals surface area contributed by atoms with Crippen molar-refractivity contribution >= 4 is 11.7 Å². The predicted molar refractivity (Wildman–Crippen MR) is 74.6 cm³/mol. The van der Waals surface area contributed by atoms with Crippen molar-refractivity contribution in [3.63, 3.8) is 0 Å². The fourth-order valence-electron chi connectivity index (χ4n) is 2.54. The van der Waals surface area contributed by atoms with Crippen LogP contribution < -0.4 is 4.90 Å². The number of anilines is 1. The number of nitrogens with zero attached hydrogens (tertiary/aromatic N) is 1. The quantitative estimate of drug-likeness (QED) is 0.885. The Hall–Kier alpha value is -1.55. The molecule has 0 amide bonds. The molecular weight excluding hydrogens is 242 g/mol. The average molecular weight is 263 g/mol. The molecular formula is C15H21NO3. The van der Waals surface area contributed by atoms with Crippen molar-refractivity contribution in [1.29, 1.82) is 0 Å². The number of hydrogen-bond donors (Lipinski definition) is 1. The monoisotopic (exact) mass is 263 g/mol. The van der Waals surface area contributed by atoms with Gasteiger partial charge in [-0.05, 0) is 38.0 Å². The number of hydrogen-bond acceptors (Lipinski definition) is 3. The van der Waals surface area contributed by atoms with E-state index >= 15 is 0 Å². The third kappa shape index (κ3) is 2.89. The molecule has 0 saturated carbocycles. The molecule has 0 aliphatic carbocycles. The van der Waals surface area contributed by atoms with Crippen LogP contribution in [0.2, 0.25) is 0 Å². The summed E-state index contributed by atoms with van der Waals surface area (Å²) in [6.45, 7) is 6.24. The van der Waals surface area contributed by atoms with Gasteiger partial charge in [-0.2, -0.15) is 0 Å². The minimum atomic E-state index is -0.764. The highest BCUT2D eigenvalue weighted by Gasteiger charge is 2.43. The van der Waals surface area contributed by atoms with Gasteiger partial charge < -0.3 is 14.7 Å². The Morgan fingerprint density at radius 2 is 2.32 bits per heavy atom. The van der Waals surface area contributed by atoms with Crippen molar-refractivity contribution in [3.8, 4) is 0 Å². The van der Waals surface area contributed by atoms with E-state index in [0.717, 1.165) is 12.2 Å². The maximum atomic E-state index is 11.6. The van der Waals surface area contributed by atoms with Crippen molar-refractivity contribution < 1.29 is 14.6 Å². The highest BCUT2D eigenvalue weighted by atomic mass is 16.5. The molecule has 1 aromatic carbocycles. The fourth-order valence-corrected chi connectivity index (χ4v) is 2.54. The molecule has 4 heteroatoms. The van der Waals surface area contributed by atoms with Crippen LogP contribution in [0, 0.1) is 12.3 Å². The zero-order chi connectivity index (χ0) is 13.9. The normalized spacial score (nSPS) is 22.4. The zero-order valence-corrected chi connectivity index (χ0v) is 11.6. The summed E-state index contributed by atoms with van der Waals surface area (Å²) in [6.07, 6.45) is 0.588. The number of ether oxygens (including phenoxy) is 1. The van der Waals surface area contributed by atoms with Crippen LogP contribution in [0.3, 0.4) is 0 Å². The minimum absolute atomic E-state index is 0.310. The standard InChI is InChI=1S/C15H21NO3/c1-3-16(13-6-4-5-12(2)9-13)10-15(14(17)18)7-8-19-11-15/h4-6,9H,3,7-8,10-11H2,1-2H3,(H,17,18). The van der Waals surface area contributed by atoms with Gasteiger partial charge >= 0.3 is 5.97 Å². The maximum absolute atomic E-state index is 11.6. The second kappa shape index (κ2) is 5.61. The van der Waals surface area contributed by atoms with Crippen LogP contribution in [0.15, 0.2) is 24.3 Å². The highest BCUT2D eigenvalue weighted by Crippen LogP contribution is 2.32. The number of aliphatic carboxylic acids is 1. The first kappa shape index (κ1) is 13.9. The van der Waals surface area contributed by atoms with Crippen LogP contribution >= 0.6 is 0 Å². The van der Waals surface area contributed by atoms with Gasteiger partial charge in [-0.15, -0.1) is 0 Å². The summed E-state index contributed by atoms with van der Waals surface area (Å²) < 4.78 is 5.32. The lowest BCUT2D eigenvalue weighted by molar-refractivity contribution is -0.148. The van der Waals surface area contributed by atoms with Crippen LogP contribution in [0.4, 0.5) is 5.69 Å². The molecule has 1 unspecified atom stereocenters. The maximum Gasteiger partial charge on any atom is 0.313 e. The molecule has 104 valence electrons. The predicted octanol–water partition coefficient (Wildman–Crippen LogP) is 2.31. The first-order valence-corrected chi connectivity index (χ1v) is 6.70. The Morgan fingerprint density at radius 3 is 2.84 bits per heavy atom. The lowest BCUT2D eigenvalue weighted by atomic mass is 9.86. The van der Waals surface area contributed by atoms with Gasteiger partial charge in [0.25, 0.3) is 0 Å². The molecule has 1 heterocycles. The number of benzene rings is 1. The van der Waals surface area contributed by atoms with E-state index in [9.17, 15) is 9.90 Å². The Kier molecular flexibility index (Phi) is 4.10. The van der Waals surface area contributed by atoms with Gasteiger partial charge in [0.2, 0.25) is 0 Å². The fraction of sp³-hybridized carbons (Fsp3) is 0.533. The second-order valence-corrected chi connectivity index (χ2v) is 5.24. The molecule has 1 fully saturated rings. The topological polar surface area (TPSA) is 49.8 Å². The minimum Gasteiger partial charge on any atom is -0.481 e. The molecule has 1 N–H and O–H groups in total.